The Morgan fingerprint density at radius 1 is 1.25 bits per heavy atom. The quantitative estimate of drug-likeness (QED) is 0.716. The molecule has 3 aromatic rings. The van der Waals surface area contributed by atoms with E-state index in [9.17, 15) is 0 Å². The zero-order chi connectivity index (χ0) is 13.9. The predicted octanol–water partition coefficient (Wildman–Crippen LogP) is 2.68. The molecule has 104 valence electrons. The molecule has 0 saturated heterocycles. The van der Waals surface area contributed by atoms with E-state index in [1.807, 2.05) is 56.8 Å². The summed E-state index contributed by atoms with van der Waals surface area (Å²) in [7, 11) is 0. The first kappa shape index (κ1) is 12.9. The van der Waals surface area contributed by atoms with Gasteiger partial charge in [-0.3, -0.25) is 0 Å². The molecule has 0 fully saturated rings. The molecule has 0 spiro atoms. The molecule has 0 bridgehead atoms. The second kappa shape index (κ2) is 5.46. The third kappa shape index (κ3) is 2.32. The summed E-state index contributed by atoms with van der Waals surface area (Å²) in [6, 6.07) is 6.00. The fourth-order valence-electron chi connectivity index (χ4n) is 2.41. The maximum Gasteiger partial charge on any atom is 0.137 e. The van der Waals surface area contributed by atoms with Crippen LogP contribution < -0.4 is 0 Å². The Balaban J connectivity index is 1.90. The van der Waals surface area contributed by atoms with Crippen molar-refractivity contribution in [3.63, 3.8) is 0 Å². The van der Waals surface area contributed by atoms with Crippen LogP contribution in [0.2, 0.25) is 0 Å². The van der Waals surface area contributed by atoms with Gasteiger partial charge in [-0.15, -0.1) is 0 Å². The second-order valence-corrected chi connectivity index (χ2v) is 4.69. The number of rotatable bonds is 5. The zero-order valence-corrected chi connectivity index (χ0v) is 11.7. The lowest BCUT2D eigenvalue weighted by Crippen LogP contribution is -2.11. The molecule has 0 saturated carbocycles. The average molecular weight is 270 g/mol. The van der Waals surface area contributed by atoms with Crippen molar-refractivity contribution < 1.29 is 4.74 Å². The van der Waals surface area contributed by atoms with Gasteiger partial charge in [-0.25, -0.2) is 9.97 Å². The maximum absolute atomic E-state index is 5.63. The number of hydrogen-bond donors (Lipinski definition) is 0. The number of fused-ring (bicyclic) bond motifs is 1. The van der Waals surface area contributed by atoms with E-state index in [0.29, 0.717) is 6.61 Å². The van der Waals surface area contributed by atoms with Crippen LogP contribution in [0, 0.1) is 0 Å². The molecule has 3 aromatic heterocycles. The summed E-state index contributed by atoms with van der Waals surface area (Å²) in [5.41, 5.74) is 2.09. The number of imidazole rings is 2. The number of ether oxygens (including phenoxy) is 1. The van der Waals surface area contributed by atoms with Gasteiger partial charge in [-0.1, -0.05) is 6.07 Å². The first-order valence-corrected chi connectivity index (χ1v) is 6.83. The van der Waals surface area contributed by atoms with Crippen molar-refractivity contribution in [3.8, 4) is 0 Å². The Labute approximate surface area is 117 Å². The van der Waals surface area contributed by atoms with E-state index in [1.54, 1.807) is 0 Å². The Morgan fingerprint density at radius 2 is 2.15 bits per heavy atom. The summed E-state index contributed by atoms with van der Waals surface area (Å²) in [6.45, 7) is 5.44. The summed E-state index contributed by atoms with van der Waals surface area (Å²) >= 11 is 0. The average Bonchev–Trinajstić information content (AvgIpc) is 3.07. The van der Waals surface area contributed by atoms with Crippen molar-refractivity contribution in [2.24, 2.45) is 0 Å². The smallest absolute Gasteiger partial charge is 0.137 e. The highest BCUT2D eigenvalue weighted by molar-refractivity contribution is 5.39. The Kier molecular flexibility index (Phi) is 3.52. The van der Waals surface area contributed by atoms with Crippen molar-refractivity contribution >= 4 is 5.65 Å². The van der Waals surface area contributed by atoms with Crippen LogP contribution in [-0.2, 0) is 11.3 Å². The second-order valence-electron chi connectivity index (χ2n) is 4.69. The van der Waals surface area contributed by atoms with Crippen molar-refractivity contribution in [1.29, 1.82) is 0 Å². The van der Waals surface area contributed by atoms with Crippen molar-refractivity contribution in [2.75, 3.05) is 6.61 Å². The minimum absolute atomic E-state index is 0.00538. The summed E-state index contributed by atoms with van der Waals surface area (Å²) in [5.74, 6) is 0.942. The maximum atomic E-state index is 5.63. The van der Waals surface area contributed by atoms with Gasteiger partial charge in [0.15, 0.2) is 0 Å². The Morgan fingerprint density at radius 3 is 3.00 bits per heavy atom. The lowest BCUT2D eigenvalue weighted by Gasteiger charge is -2.13. The van der Waals surface area contributed by atoms with Crippen LogP contribution in [-0.4, -0.2) is 25.5 Å². The summed E-state index contributed by atoms with van der Waals surface area (Å²) in [4.78, 5) is 8.81. The highest BCUT2D eigenvalue weighted by Crippen LogP contribution is 2.16. The Bertz CT molecular complexity index is 701. The normalized spacial score (nSPS) is 12.9. The van der Waals surface area contributed by atoms with Gasteiger partial charge in [0.05, 0.1) is 18.4 Å². The minimum atomic E-state index is -0.00538. The van der Waals surface area contributed by atoms with Crippen molar-refractivity contribution in [1.82, 2.24) is 18.9 Å². The van der Waals surface area contributed by atoms with Gasteiger partial charge in [0.25, 0.3) is 0 Å². The molecule has 0 unspecified atom stereocenters. The molecule has 0 aliphatic rings. The molecule has 0 N–H and O–H groups in total. The van der Waals surface area contributed by atoms with Crippen LogP contribution in [0.15, 0.2) is 43.0 Å². The summed E-state index contributed by atoms with van der Waals surface area (Å²) in [5, 5.41) is 0. The molecule has 5 nitrogen and oxygen atoms in total. The third-order valence-corrected chi connectivity index (χ3v) is 3.35. The van der Waals surface area contributed by atoms with Gasteiger partial charge in [0, 0.05) is 25.2 Å². The molecule has 0 aromatic carbocycles. The van der Waals surface area contributed by atoms with E-state index in [2.05, 4.69) is 18.9 Å². The fourth-order valence-corrected chi connectivity index (χ4v) is 2.41. The van der Waals surface area contributed by atoms with E-state index in [-0.39, 0.29) is 6.10 Å². The SMILES string of the molecule is CCO[C@@H](C)c1nccn1Cc1cnc2ccccn12. The molecule has 5 heteroatoms. The standard InChI is InChI=1S/C15H18N4O/c1-3-20-12(2)15-16-7-9-18(15)11-13-10-17-14-6-4-5-8-19(13)14/h4-10,12H,3,11H2,1-2H3/t12-/m0/s1. The number of hydrogen-bond acceptors (Lipinski definition) is 3. The van der Waals surface area contributed by atoms with Crippen LogP contribution >= 0.6 is 0 Å². The predicted molar refractivity (Wildman–Crippen MR) is 76.6 cm³/mol. The van der Waals surface area contributed by atoms with E-state index < -0.39 is 0 Å². The first-order valence-electron chi connectivity index (χ1n) is 6.83. The third-order valence-electron chi connectivity index (χ3n) is 3.35. The molecule has 0 aliphatic heterocycles. The van der Waals surface area contributed by atoms with E-state index in [0.717, 1.165) is 23.7 Å². The molecular weight excluding hydrogens is 252 g/mol. The topological polar surface area (TPSA) is 44.3 Å². The lowest BCUT2D eigenvalue weighted by atomic mass is 10.3. The van der Waals surface area contributed by atoms with Crippen molar-refractivity contribution in [3.05, 3.63) is 54.5 Å². The molecule has 3 rings (SSSR count). The number of aromatic nitrogens is 4. The van der Waals surface area contributed by atoms with Gasteiger partial charge in [0.2, 0.25) is 0 Å². The van der Waals surface area contributed by atoms with Gasteiger partial charge >= 0.3 is 0 Å². The molecule has 0 amide bonds. The lowest BCUT2D eigenvalue weighted by molar-refractivity contribution is 0.0677. The Hall–Kier alpha value is -2.14. The minimum Gasteiger partial charge on any atom is -0.371 e. The highest BCUT2D eigenvalue weighted by Gasteiger charge is 2.13. The van der Waals surface area contributed by atoms with E-state index in [4.69, 9.17) is 4.74 Å². The van der Waals surface area contributed by atoms with Crippen LogP contribution in [0.25, 0.3) is 5.65 Å². The molecule has 0 radical (unpaired) electrons. The van der Waals surface area contributed by atoms with Crippen LogP contribution in [0.4, 0.5) is 0 Å². The van der Waals surface area contributed by atoms with Gasteiger partial charge in [0.1, 0.15) is 17.6 Å². The van der Waals surface area contributed by atoms with Gasteiger partial charge in [-0.2, -0.15) is 0 Å². The molecule has 20 heavy (non-hydrogen) atoms. The van der Waals surface area contributed by atoms with E-state index >= 15 is 0 Å². The van der Waals surface area contributed by atoms with E-state index in [1.165, 1.54) is 0 Å². The van der Waals surface area contributed by atoms with Crippen LogP contribution in [0.5, 0.6) is 0 Å². The molecular formula is C15H18N4O. The monoisotopic (exact) mass is 270 g/mol. The first-order chi connectivity index (χ1) is 9.79. The fraction of sp³-hybridized carbons (Fsp3) is 0.333. The van der Waals surface area contributed by atoms with Crippen LogP contribution in [0.1, 0.15) is 31.5 Å². The highest BCUT2D eigenvalue weighted by atomic mass is 16.5. The molecule has 0 aliphatic carbocycles. The number of pyridine rings is 1. The summed E-state index contributed by atoms with van der Waals surface area (Å²) < 4.78 is 9.83. The van der Waals surface area contributed by atoms with Gasteiger partial charge in [-0.05, 0) is 26.0 Å². The zero-order valence-electron chi connectivity index (χ0n) is 11.7. The largest absolute Gasteiger partial charge is 0.371 e. The number of nitrogens with zero attached hydrogens (tertiary/aromatic N) is 4. The molecule has 1 atom stereocenters. The summed E-state index contributed by atoms with van der Waals surface area (Å²) in [6.07, 6.45) is 7.72. The van der Waals surface area contributed by atoms with Gasteiger partial charge < -0.3 is 13.7 Å². The molecule has 3 heterocycles. The van der Waals surface area contributed by atoms with Crippen molar-refractivity contribution in [2.45, 2.75) is 26.5 Å². The van der Waals surface area contributed by atoms with Crippen LogP contribution in [0.3, 0.4) is 0 Å².